The molecule has 1 aromatic carbocycles. The number of hydrogen-bond donors (Lipinski definition) is 0. The SMILES string of the molecule is COC(=O)C1C=CC2=CN(c3ccc(F)cc3)C(CCCCC(=O)OC(C)(C)C)C=C2C1=O. The highest BCUT2D eigenvalue weighted by Crippen LogP contribution is 2.34. The molecule has 1 aliphatic heterocycles. The van der Waals surface area contributed by atoms with E-state index in [9.17, 15) is 18.8 Å². The van der Waals surface area contributed by atoms with Crippen LogP contribution in [0.2, 0.25) is 0 Å². The largest absolute Gasteiger partial charge is 0.468 e. The molecular formula is C26H30FNO5. The monoisotopic (exact) mass is 455 g/mol. The standard InChI is InChI=1S/C26H30FNO5/c1-26(2,3)33-23(29)8-6-5-7-20-15-22-17(9-14-21(24(22)30)25(31)32-4)16-28(20)19-12-10-18(27)11-13-19/h9-16,20-21H,5-8H2,1-4H3. The summed E-state index contributed by atoms with van der Waals surface area (Å²) in [6.45, 7) is 5.50. The van der Waals surface area contributed by atoms with E-state index in [4.69, 9.17) is 9.47 Å². The molecule has 0 fully saturated rings. The van der Waals surface area contributed by atoms with Crippen LogP contribution >= 0.6 is 0 Å². The first kappa shape index (κ1) is 24.4. The number of hydrogen-bond acceptors (Lipinski definition) is 6. The third kappa shape index (κ3) is 6.18. The van der Waals surface area contributed by atoms with Gasteiger partial charge in [0.2, 0.25) is 0 Å². The number of halogens is 1. The van der Waals surface area contributed by atoms with Crippen LogP contribution in [0.15, 0.2) is 59.8 Å². The Hall–Kier alpha value is -3.22. The number of methoxy groups -OCH3 is 1. The van der Waals surface area contributed by atoms with Gasteiger partial charge in [-0.2, -0.15) is 0 Å². The summed E-state index contributed by atoms with van der Waals surface area (Å²) in [5.41, 5.74) is 1.43. The summed E-state index contributed by atoms with van der Waals surface area (Å²) in [4.78, 5) is 38.9. The van der Waals surface area contributed by atoms with Crippen molar-refractivity contribution in [2.45, 2.75) is 58.1 Å². The normalized spacial score (nSPS) is 20.0. The number of allylic oxidation sites excluding steroid dienone is 3. The van der Waals surface area contributed by atoms with Crippen molar-refractivity contribution < 1.29 is 28.2 Å². The number of fused-ring (bicyclic) bond motifs is 1. The highest BCUT2D eigenvalue weighted by atomic mass is 19.1. The van der Waals surface area contributed by atoms with E-state index in [-0.39, 0.29) is 23.6 Å². The Balaban J connectivity index is 1.78. The minimum atomic E-state index is -0.955. The molecule has 0 radical (unpaired) electrons. The molecule has 0 saturated heterocycles. The summed E-state index contributed by atoms with van der Waals surface area (Å²) in [5, 5.41) is 0. The third-order valence-corrected chi connectivity index (χ3v) is 5.45. The molecule has 0 saturated carbocycles. The number of ketones is 1. The Morgan fingerprint density at radius 3 is 2.45 bits per heavy atom. The van der Waals surface area contributed by atoms with Gasteiger partial charge in [-0.1, -0.05) is 24.6 Å². The lowest BCUT2D eigenvalue weighted by atomic mass is 9.83. The van der Waals surface area contributed by atoms with Gasteiger partial charge in [-0.05, 0) is 57.9 Å². The molecule has 0 amide bonds. The summed E-state index contributed by atoms with van der Waals surface area (Å²) in [5.74, 6) is -2.42. The van der Waals surface area contributed by atoms with Gasteiger partial charge < -0.3 is 14.4 Å². The van der Waals surface area contributed by atoms with Gasteiger partial charge in [0.15, 0.2) is 5.78 Å². The summed E-state index contributed by atoms with van der Waals surface area (Å²) >= 11 is 0. The lowest BCUT2D eigenvalue weighted by Gasteiger charge is -2.35. The average molecular weight is 456 g/mol. The van der Waals surface area contributed by atoms with Crippen molar-refractivity contribution in [1.82, 2.24) is 0 Å². The summed E-state index contributed by atoms with van der Waals surface area (Å²) in [6.07, 6.45) is 9.32. The smallest absolute Gasteiger partial charge is 0.320 e. The van der Waals surface area contributed by atoms with E-state index >= 15 is 0 Å². The van der Waals surface area contributed by atoms with E-state index in [1.54, 1.807) is 24.3 Å². The van der Waals surface area contributed by atoms with Crippen LogP contribution in [-0.4, -0.2) is 36.5 Å². The van der Waals surface area contributed by atoms with Crippen LogP contribution in [0.5, 0.6) is 0 Å². The van der Waals surface area contributed by atoms with Gasteiger partial charge in [-0.15, -0.1) is 0 Å². The molecule has 2 atom stereocenters. The minimum Gasteiger partial charge on any atom is -0.468 e. The van der Waals surface area contributed by atoms with Crippen LogP contribution in [0.4, 0.5) is 10.1 Å². The zero-order valence-corrected chi connectivity index (χ0v) is 19.5. The molecule has 6 nitrogen and oxygen atoms in total. The number of Topliss-reactive ketones (excluding diaryl/α,β-unsaturated/α-hetero) is 1. The predicted octanol–water partition coefficient (Wildman–Crippen LogP) is 4.65. The van der Waals surface area contributed by atoms with Crippen molar-refractivity contribution in [3.8, 4) is 0 Å². The fourth-order valence-corrected chi connectivity index (χ4v) is 3.93. The van der Waals surface area contributed by atoms with Gasteiger partial charge in [0.1, 0.15) is 17.3 Å². The molecule has 3 rings (SSSR count). The summed E-state index contributed by atoms with van der Waals surface area (Å²) in [6, 6.07) is 5.96. The second-order valence-corrected chi connectivity index (χ2v) is 9.17. The van der Waals surface area contributed by atoms with Crippen molar-refractivity contribution in [3.05, 3.63) is 65.7 Å². The van der Waals surface area contributed by atoms with Crippen molar-refractivity contribution in [2.24, 2.45) is 5.92 Å². The van der Waals surface area contributed by atoms with E-state index in [0.717, 1.165) is 12.1 Å². The molecule has 0 aromatic heterocycles. The van der Waals surface area contributed by atoms with E-state index in [1.165, 1.54) is 19.2 Å². The first-order valence-electron chi connectivity index (χ1n) is 11.1. The van der Waals surface area contributed by atoms with Gasteiger partial charge in [0.25, 0.3) is 0 Å². The quantitative estimate of drug-likeness (QED) is 0.338. The zero-order valence-electron chi connectivity index (χ0n) is 19.5. The van der Waals surface area contributed by atoms with Gasteiger partial charge in [0.05, 0.1) is 13.2 Å². The molecule has 176 valence electrons. The van der Waals surface area contributed by atoms with E-state index in [2.05, 4.69) is 0 Å². The Morgan fingerprint density at radius 2 is 1.82 bits per heavy atom. The van der Waals surface area contributed by atoms with Crippen molar-refractivity contribution in [2.75, 3.05) is 12.0 Å². The van der Waals surface area contributed by atoms with Crippen LogP contribution in [0.3, 0.4) is 0 Å². The van der Waals surface area contributed by atoms with Crippen molar-refractivity contribution in [1.29, 1.82) is 0 Å². The first-order valence-corrected chi connectivity index (χ1v) is 11.1. The molecule has 7 heteroatoms. The molecule has 1 aliphatic carbocycles. The number of esters is 2. The fourth-order valence-electron chi connectivity index (χ4n) is 3.93. The third-order valence-electron chi connectivity index (χ3n) is 5.45. The van der Waals surface area contributed by atoms with E-state index in [1.807, 2.05) is 37.9 Å². The number of unbranched alkanes of at least 4 members (excludes halogenated alkanes) is 1. The molecule has 0 spiro atoms. The van der Waals surface area contributed by atoms with E-state index < -0.39 is 17.5 Å². The molecule has 0 N–H and O–H groups in total. The number of ether oxygens (including phenoxy) is 2. The molecule has 1 aromatic rings. The number of carbonyl (C=O) groups is 3. The zero-order chi connectivity index (χ0) is 24.2. The molecule has 2 unspecified atom stereocenters. The number of nitrogens with zero attached hydrogens (tertiary/aromatic N) is 1. The van der Waals surface area contributed by atoms with Gasteiger partial charge in [0, 0.05) is 29.5 Å². The molecule has 2 aliphatic rings. The maximum absolute atomic E-state index is 13.5. The van der Waals surface area contributed by atoms with Crippen LogP contribution in [0.1, 0.15) is 46.5 Å². The Labute approximate surface area is 193 Å². The van der Waals surface area contributed by atoms with Crippen LogP contribution in [0, 0.1) is 11.7 Å². The number of anilines is 1. The van der Waals surface area contributed by atoms with Crippen LogP contribution in [-0.2, 0) is 23.9 Å². The van der Waals surface area contributed by atoms with Crippen molar-refractivity contribution >= 4 is 23.4 Å². The summed E-state index contributed by atoms with van der Waals surface area (Å²) < 4.78 is 23.6. The number of carbonyl (C=O) groups excluding carboxylic acids is 3. The maximum atomic E-state index is 13.5. The Kier molecular flexibility index (Phi) is 7.51. The fraction of sp³-hybridized carbons (Fsp3) is 0.423. The van der Waals surface area contributed by atoms with E-state index in [0.29, 0.717) is 30.4 Å². The van der Waals surface area contributed by atoms with Gasteiger partial charge >= 0.3 is 11.9 Å². The van der Waals surface area contributed by atoms with Gasteiger partial charge in [-0.25, -0.2) is 4.39 Å². The summed E-state index contributed by atoms with van der Waals surface area (Å²) in [7, 11) is 1.26. The highest BCUT2D eigenvalue weighted by molar-refractivity contribution is 6.14. The lowest BCUT2D eigenvalue weighted by molar-refractivity contribution is -0.155. The molecule has 0 bridgehead atoms. The Morgan fingerprint density at radius 1 is 1.12 bits per heavy atom. The van der Waals surface area contributed by atoms with Crippen LogP contribution < -0.4 is 4.90 Å². The maximum Gasteiger partial charge on any atom is 0.320 e. The minimum absolute atomic E-state index is 0.193. The Bertz CT molecular complexity index is 1000. The predicted molar refractivity (Wildman–Crippen MR) is 123 cm³/mol. The molecule has 1 heterocycles. The second-order valence-electron chi connectivity index (χ2n) is 9.17. The number of rotatable bonds is 7. The lowest BCUT2D eigenvalue weighted by Crippen LogP contribution is -2.36. The van der Waals surface area contributed by atoms with Gasteiger partial charge in [-0.3, -0.25) is 14.4 Å². The first-order chi connectivity index (χ1) is 15.6. The number of benzene rings is 1. The highest BCUT2D eigenvalue weighted by Gasteiger charge is 2.35. The van der Waals surface area contributed by atoms with Crippen LogP contribution in [0.25, 0.3) is 0 Å². The molecule has 33 heavy (non-hydrogen) atoms. The molecular weight excluding hydrogens is 425 g/mol. The topological polar surface area (TPSA) is 72.9 Å². The van der Waals surface area contributed by atoms with Crippen molar-refractivity contribution in [3.63, 3.8) is 0 Å². The second kappa shape index (κ2) is 10.1. The average Bonchev–Trinajstić information content (AvgIpc) is 2.75.